The van der Waals surface area contributed by atoms with Crippen molar-refractivity contribution >= 4 is 23.0 Å². The van der Waals surface area contributed by atoms with Gasteiger partial charge in [0.05, 0.1) is 5.54 Å². The monoisotopic (exact) mass is 277 g/mol. The van der Waals surface area contributed by atoms with E-state index in [1.807, 2.05) is 31.6 Å². The molecule has 0 unspecified atom stereocenters. The van der Waals surface area contributed by atoms with E-state index in [-0.39, 0.29) is 5.54 Å². The summed E-state index contributed by atoms with van der Waals surface area (Å²) in [7, 11) is 1.86. The molecule has 2 N–H and O–H groups in total. The molecule has 102 valence electrons. The van der Waals surface area contributed by atoms with Gasteiger partial charge in [0.1, 0.15) is 22.5 Å². The molecule has 0 saturated carbocycles. The molecule has 2 heterocycles. The second-order valence-electron chi connectivity index (χ2n) is 4.75. The molecule has 0 aliphatic rings. The fourth-order valence-electron chi connectivity index (χ4n) is 1.75. The lowest BCUT2D eigenvalue weighted by Gasteiger charge is -2.24. The van der Waals surface area contributed by atoms with Crippen molar-refractivity contribution in [3.05, 3.63) is 28.5 Å². The van der Waals surface area contributed by atoms with Crippen LogP contribution < -0.4 is 10.6 Å². The average Bonchev–Trinajstić information content (AvgIpc) is 2.92. The van der Waals surface area contributed by atoms with E-state index >= 15 is 0 Å². The van der Waals surface area contributed by atoms with Crippen molar-refractivity contribution in [3.8, 4) is 0 Å². The van der Waals surface area contributed by atoms with E-state index in [9.17, 15) is 0 Å². The van der Waals surface area contributed by atoms with E-state index in [1.165, 1.54) is 0 Å². The maximum atomic E-state index is 4.51. The zero-order valence-corrected chi connectivity index (χ0v) is 12.5. The highest BCUT2D eigenvalue weighted by molar-refractivity contribution is 7.09. The Morgan fingerprint density at radius 2 is 2.00 bits per heavy atom. The van der Waals surface area contributed by atoms with Crippen LogP contribution in [-0.2, 0) is 12.0 Å². The molecular formula is C13H19N5S. The molecule has 5 nitrogen and oxygen atoms in total. The van der Waals surface area contributed by atoms with Crippen molar-refractivity contribution in [2.75, 3.05) is 17.7 Å². The van der Waals surface area contributed by atoms with Crippen LogP contribution in [0, 0.1) is 0 Å². The lowest BCUT2D eigenvalue weighted by molar-refractivity contribution is 0.600. The van der Waals surface area contributed by atoms with Gasteiger partial charge in [-0.15, -0.1) is 11.3 Å². The number of nitrogens with zero attached hydrogens (tertiary/aromatic N) is 3. The van der Waals surface area contributed by atoms with Crippen molar-refractivity contribution in [1.29, 1.82) is 0 Å². The number of hydrogen-bond donors (Lipinski definition) is 2. The minimum absolute atomic E-state index is 0.251. The Morgan fingerprint density at radius 3 is 2.58 bits per heavy atom. The SMILES string of the molecule is CCc1nc(NC)cc(NC(C)(C)c2nccs2)n1. The lowest BCUT2D eigenvalue weighted by Crippen LogP contribution is -2.28. The molecule has 2 aromatic heterocycles. The van der Waals surface area contributed by atoms with Crippen molar-refractivity contribution in [2.24, 2.45) is 0 Å². The Labute approximate surface area is 117 Å². The van der Waals surface area contributed by atoms with Gasteiger partial charge < -0.3 is 10.6 Å². The summed E-state index contributed by atoms with van der Waals surface area (Å²) in [5, 5.41) is 9.50. The summed E-state index contributed by atoms with van der Waals surface area (Å²) in [5.41, 5.74) is -0.251. The fourth-order valence-corrected chi connectivity index (χ4v) is 2.47. The summed E-state index contributed by atoms with van der Waals surface area (Å²) < 4.78 is 0. The molecule has 2 rings (SSSR count). The van der Waals surface area contributed by atoms with Crippen LogP contribution in [0.3, 0.4) is 0 Å². The number of anilines is 2. The third kappa shape index (κ3) is 3.20. The minimum Gasteiger partial charge on any atom is -0.373 e. The summed E-state index contributed by atoms with van der Waals surface area (Å²) in [6, 6.07) is 1.91. The molecule has 0 aliphatic heterocycles. The molecule has 0 amide bonds. The number of thiazole rings is 1. The number of hydrogen-bond acceptors (Lipinski definition) is 6. The Hall–Kier alpha value is -1.69. The molecule has 0 spiro atoms. The molecule has 0 atom stereocenters. The second-order valence-corrected chi connectivity index (χ2v) is 5.64. The van der Waals surface area contributed by atoms with Crippen LogP contribution in [0.1, 0.15) is 31.6 Å². The maximum absolute atomic E-state index is 4.51. The molecule has 0 aromatic carbocycles. The average molecular weight is 277 g/mol. The van der Waals surface area contributed by atoms with Crippen LogP contribution in [0.4, 0.5) is 11.6 Å². The first-order valence-corrected chi connectivity index (χ1v) is 7.17. The highest BCUT2D eigenvalue weighted by Gasteiger charge is 2.23. The summed E-state index contributed by atoms with van der Waals surface area (Å²) in [6.07, 6.45) is 2.63. The van der Waals surface area contributed by atoms with Crippen molar-refractivity contribution in [2.45, 2.75) is 32.7 Å². The molecule has 19 heavy (non-hydrogen) atoms. The van der Waals surface area contributed by atoms with E-state index < -0.39 is 0 Å². The van der Waals surface area contributed by atoms with Crippen molar-refractivity contribution in [3.63, 3.8) is 0 Å². The van der Waals surface area contributed by atoms with Gasteiger partial charge in [0, 0.05) is 31.1 Å². The van der Waals surface area contributed by atoms with Gasteiger partial charge in [-0.05, 0) is 13.8 Å². The Balaban J connectivity index is 2.27. The number of aryl methyl sites for hydroxylation is 1. The van der Waals surface area contributed by atoms with Crippen molar-refractivity contribution in [1.82, 2.24) is 15.0 Å². The molecule has 0 fully saturated rings. The van der Waals surface area contributed by atoms with Gasteiger partial charge >= 0.3 is 0 Å². The number of nitrogens with one attached hydrogen (secondary N) is 2. The molecule has 0 radical (unpaired) electrons. The van der Waals surface area contributed by atoms with E-state index in [0.717, 1.165) is 28.9 Å². The van der Waals surface area contributed by atoms with Crippen molar-refractivity contribution < 1.29 is 0 Å². The van der Waals surface area contributed by atoms with Crippen LogP contribution >= 0.6 is 11.3 Å². The summed E-state index contributed by atoms with van der Waals surface area (Å²) in [6.45, 7) is 6.24. The number of rotatable bonds is 5. The van der Waals surface area contributed by atoms with Crippen LogP contribution in [0.5, 0.6) is 0 Å². The summed E-state index contributed by atoms with van der Waals surface area (Å²) >= 11 is 1.64. The summed E-state index contributed by atoms with van der Waals surface area (Å²) in [4.78, 5) is 13.3. The topological polar surface area (TPSA) is 62.7 Å². The van der Waals surface area contributed by atoms with Gasteiger partial charge in [0.15, 0.2) is 0 Å². The van der Waals surface area contributed by atoms with Gasteiger partial charge in [-0.2, -0.15) is 0 Å². The normalized spacial score (nSPS) is 11.4. The van der Waals surface area contributed by atoms with Crippen LogP contribution in [-0.4, -0.2) is 22.0 Å². The third-order valence-corrected chi connectivity index (χ3v) is 3.85. The van der Waals surface area contributed by atoms with Gasteiger partial charge in [0.25, 0.3) is 0 Å². The first kappa shape index (κ1) is 13.7. The Kier molecular flexibility index (Phi) is 3.99. The standard InChI is InChI=1S/C13H19N5S/c1-5-9-16-10(14-4)8-11(17-9)18-13(2,3)12-15-6-7-19-12/h6-8H,5H2,1-4H3,(H2,14,16,17,18). The predicted octanol–water partition coefficient (Wildman–Crippen LogP) is 2.88. The van der Waals surface area contributed by atoms with Gasteiger partial charge in [0.2, 0.25) is 0 Å². The first-order chi connectivity index (χ1) is 9.05. The minimum atomic E-state index is -0.251. The smallest absolute Gasteiger partial charge is 0.132 e. The first-order valence-electron chi connectivity index (χ1n) is 6.29. The number of aromatic nitrogens is 3. The Bertz CT molecular complexity index is 514. The molecule has 0 saturated heterocycles. The third-order valence-electron chi connectivity index (χ3n) is 2.75. The van der Waals surface area contributed by atoms with Gasteiger partial charge in [-0.25, -0.2) is 15.0 Å². The predicted molar refractivity (Wildman–Crippen MR) is 79.7 cm³/mol. The largest absolute Gasteiger partial charge is 0.373 e. The highest BCUT2D eigenvalue weighted by Crippen LogP contribution is 2.27. The van der Waals surface area contributed by atoms with Crippen LogP contribution in [0.15, 0.2) is 17.6 Å². The molecule has 6 heteroatoms. The van der Waals surface area contributed by atoms with E-state index in [0.29, 0.717) is 0 Å². The maximum Gasteiger partial charge on any atom is 0.132 e. The Morgan fingerprint density at radius 1 is 1.26 bits per heavy atom. The summed E-state index contributed by atoms with van der Waals surface area (Å²) in [5.74, 6) is 2.46. The molecular weight excluding hydrogens is 258 g/mol. The quantitative estimate of drug-likeness (QED) is 0.880. The van der Waals surface area contributed by atoms with E-state index in [1.54, 1.807) is 11.3 Å². The van der Waals surface area contributed by atoms with Gasteiger partial charge in [-0.3, -0.25) is 0 Å². The lowest BCUT2D eigenvalue weighted by atomic mass is 10.1. The van der Waals surface area contributed by atoms with E-state index in [2.05, 4.69) is 39.4 Å². The highest BCUT2D eigenvalue weighted by atomic mass is 32.1. The van der Waals surface area contributed by atoms with Crippen LogP contribution in [0.25, 0.3) is 0 Å². The zero-order chi connectivity index (χ0) is 13.9. The molecule has 0 aliphatic carbocycles. The van der Waals surface area contributed by atoms with Gasteiger partial charge in [-0.1, -0.05) is 6.92 Å². The zero-order valence-electron chi connectivity index (χ0n) is 11.7. The molecule has 0 bridgehead atoms. The fraction of sp³-hybridized carbons (Fsp3) is 0.462. The van der Waals surface area contributed by atoms with Crippen LogP contribution in [0.2, 0.25) is 0 Å². The van der Waals surface area contributed by atoms with E-state index in [4.69, 9.17) is 0 Å². The second kappa shape index (κ2) is 5.52. The molecule has 2 aromatic rings.